The quantitative estimate of drug-likeness (QED) is 0.484. The summed E-state index contributed by atoms with van der Waals surface area (Å²) in [5.41, 5.74) is 2.56. The van der Waals surface area contributed by atoms with E-state index in [0.29, 0.717) is 47.9 Å². The normalized spacial score (nSPS) is 24.7. The lowest BCUT2D eigenvalue weighted by molar-refractivity contribution is -0.193. The zero-order valence-corrected chi connectivity index (χ0v) is 20.7. The summed E-state index contributed by atoms with van der Waals surface area (Å²) in [6, 6.07) is 7.54. The molecule has 3 fully saturated rings. The molecule has 7 rings (SSSR count). The second kappa shape index (κ2) is 9.05. The Labute approximate surface area is 209 Å². The molecule has 0 aromatic carbocycles. The van der Waals surface area contributed by atoms with Crippen LogP contribution in [-0.4, -0.2) is 64.6 Å². The van der Waals surface area contributed by atoms with E-state index >= 15 is 0 Å². The van der Waals surface area contributed by atoms with E-state index in [1.807, 2.05) is 18.2 Å². The molecular formula is C27H30FN5O3. The van der Waals surface area contributed by atoms with Gasteiger partial charge in [0.2, 0.25) is 5.88 Å². The van der Waals surface area contributed by atoms with Gasteiger partial charge in [-0.15, -0.1) is 0 Å². The van der Waals surface area contributed by atoms with Crippen LogP contribution in [0.5, 0.6) is 11.6 Å². The maximum absolute atomic E-state index is 14.8. The summed E-state index contributed by atoms with van der Waals surface area (Å²) < 4.78 is 32.2. The highest BCUT2D eigenvalue weighted by Crippen LogP contribution is 2.48. The molecule has 4 aliphatic rings. The molecule has 1 aliphatic carbocycles. The summed E-state index contributed by atoms with van der Waals surface area (Å²) >= 11 is 0. The molecule has 0 atom stereocenters. The lowest BCUT2D eigenvalue weighted by Gasteiger charge is -2.56. The Kier molecular flexibility index (Phi) is 5.84. The fourth-order valence-electron chi connectivity index (χ4n) is 5.77. The van der Waals surface area contributed by atoms with Gasteiger partial charge in [-0.3, -0.25) is 9.88 Å². The van der Waals surface area contributed by atoms with Crippen molar-refractivity contribution in [1.82, 2.24) is 19.9 Å². The van der Waals surface area contributed by atoms with E-state index in [2.05, 4.69) is 31.9 Å². The molecule has 2 saturated heterocycles. The van der Waals surface area contributed by atoms with Gasteiger partial charge < -0.3 is 14.2 Å². The first kappa shape index (κ1) is 23.2. The number of nitrogens with zero attached hydrogens (tertiary/aromatic N) is 5. The standard InChI is InChI=1S/C27H30FN5O3/c1-33(16-18-3-5-22-25(31-18)29-13-14-35-22)26-9-11-27(12-10-26,36-17-26)8-7-19-20(28)15-30-21-4-6-23(34-2)32-24(19)21/h3-6,13,15H,7-12,14,16-17H2,1-2H3. The molecule has 0 spiro atoms. The smallest absolute Gasteiger partial charge is 0.213 e. The molecule has 6 heterocycles. The van der Waals surface area contributed by atoms with Crippen LogP contribution in [0.3, 0.4) is 0 Å². The molecule has 2 bridgehead atoms. The predicted molar refractivity (Wildman–Crippen MR) is 134 cm³/mol. The third-order valence-corrected chi connectivity index (χ3v) is 8.15. The molecule has 3 aliphatic heterocycles. The number of rotatable bonds is 7. The predicted octanol–water partition coefficient (Wildman–Crippen LogP) is 4.41. The van der Waals surface area contributed by atoms with Crippen molar-refractivity contribution in [2.75, 3.05) is 27.4 Å². The van der Waals surface area contributed by atoms with Gasteiger partial charge in [0.1, 0.15) is 12.4 Å². The van der Waals surface area contributed by atoms with E-state index in [1.165, 1.54) is 6.20 Å². The summed E-state index contributed by atoms with van der Waals surface area (Å²) in [4.78, 5) is 20.1. The first-order valence-corrected chi connectivity index (χ1v) is 12.5. The number of likely N-dealkylation sites (N-methyl/N-ethyl adjacent to an activating group) is 1. The molecule has 8 nitrogen and oxygen atoms in total. The van der Waals surface area contributed by atoms with Crippen LogP contribution in [0.25, 0.3) is 11.0 Å². The molecule has 0 amide bonds. The van der Waals surface area contributed by atoms with Crippen molar-refractivity contribution in [1.29, 1.82) is 0 Å². The molecule has 0 unspecified atom stereocenters. The fourth-order valence-corrected chi connectivity index (χ4v) is 5.77. The number of hydrogen-bond acceptors (Lipinski definition) is 8. The van der Waals surface area contributed by atoms with Gasteiger partial charge >= 0.3 is 0 Å². The number of halogens is 1. The second-order valence-corrected chi connectivity index (χ2v) is 10.1. The van der Waals surface area contributed by atoms with Crippen LogP contribution >= 0.6 is 0 Å². The number of hydrogen-bond donors (Lipinski definition) is 0. The van der Waals surface area contributed by atoms with E-state index in [0.717, 1.165) is 50.1 Å². The molecule has 36 heavy (non-hydrogen) atoms. The first-order valence-electron chi connectivity index (χ1n) is 12.5. The number of fused-ring (bicyclic) bond motifs is 5. The zero-order valence-electron chi connectivity index (χ0n) is 20.7. The van der Waals surface area contributed by atoms with Crippen LogP contribution in [0, 0.1) is 5.82 Å². The molecular weight excluding hydrogens is 461 g/mol. The summed E-state index contributed by atoms with van der Waals surface area (Å²) in [5.74, 6) is 1.52. The van der Waals surface area contributed by atoms with E-state index in [-0.39, 0.29) is 17.0 Å². The van der Waals surface area contributed by atoms with E-state index in [1.54, 1.807) is 19.4 Å². The molecule has 1 saturated carbocycles. The molecule has 188 valence electrons. The van der Waals surface area contributed by atoms with Crippen molar-refractivity contribution in [3.05, 3.63) is 47.5 Å². The Bertz CT molecular complexity index is 1310. The third kappa shape index (κ3) is 4.10. The summed E-state index contributed by atoms with van der Waals surface area (Å²) in [6.07, 6.45) is 8.33. The highest BCUT2D eigenvalue weighted by molar-refractivity contribution is 5.78. The van der Waals surface area contributed by atoms with Gasteiger partial charge in [0, 0.05) is 29.9 Å². The van der Waals surface area contributed by atoms with Crippen molar-refractivity contribution in [2.24, 2.45) is 4.99 Å². The molecule has 3 aromatic rings. The van der Waals surface area contributed by atoms with Gasteiger partial charge in [-0.25, -0.2) is 19.4 Å². The average molecular weight is 492 g/mol. The first-order chi connectivity index (χ1) is 17.5. The van der Waals surface area contributed by atoms with Crippen molar-refractivity contribution < 1.29 is 18.6 Å². The number of aliphatic imine (C=N–C) groups is 1. The maximum Gasteiger partial charge on any atom is 0.213 e. The Morgan fingerprint density at radius 2 is 1.97 bits per heavy atom. The molecule has 0 N–H and O–H groups in total. The summed E-state index contributed by atoms with van der Waals surface area (Å²) in [6.45, 7) is 1.88. The topological polar surface area (TPSA) is 82.0 Å². The number of aryl methyl sites for hydroxylation is 1. The Morgan fingerprint density at radius 3 is 2.75 bits per heavy atom. The van der Waals surface area contributed by atoms with Crippen LogP contribution in [0.4, 0.5) is 10.2 Å². The average Bonchev–Trinajstić information content (AvgIpc) is 2.93. The van der Waals surface area contributed by atoms with Crippen molar-refractivity contribution in [2.45, 2.75) is 56.2 Å². The van der Waals surface area contributed by atoms with Crippen molar-refractivity contribution in [3.8, 4) is 11.6 Å². The zero-order chi connectivity index (χ0) is 24.8. The van der Waals surface area contributed by atoms with Gasteiger partial charge in [-0.1, -0.05) is 0 Å². The third-order valence-electron chi connectivity index (χ3n) is 8.15. The van der Waals surface area contributed by atoms with Gasteiger partial charge in [0.15, 0.2) is 11.6 Å². The second-order valence-electron chi connectivity index (χ2n) is 10.1. The van der Waals surface area contributed by atoms with Crippen LogP contribution in [0.2, 0.25) is 0 Å². The monoisotopic (exact) mass is 491 g/mol. The van der Waals surface area contributed by atoms with Crippen LogP contribution in [-0.2, 0) is 17.7 Å². The highest BCUT2D eigenvalue weighted by Gasteiger charge is 2.51. The van der Waals surface area contributed by atoms with E-state index < -0.39 is 0 Å². The Morgan fingerprint density at radius 1 is 1.11 bits per heavy atom. The molecule has 3 aromatic heterocycles. The van der Waals surface area contributed by atoms with E-state index in [9.17, 15) is 4.39 Å². The minimum atomic E-state index is -0.326. The maximum atomic E-state index is 14.8. The Balaban J connectivity index is 1.13. The summed E-state index contributed by atoms with van der Waals surface area (Å²) in [7, 11) is 3.71. The lowest BCUT2D eigenvalue weighted by atomic mass is 9.68. The number of ether oxygens (including phenoxy) is 3. The summed E-state index contributed by atoms with van der Waals surface area (Å²) in [5, 5.41) is 0. The number of aromatic nitrogens is 3. The lowest BCUT2D eigenvalue weighted by Crippen LogP contribution is -2.61. The van der Waals surface area contributed by atoms with Gasteiger partial charge in [-0.05, 0) is 63.8 Å². The SMILES string of the molecule is COc1ccc2ncc(F)c(CCC34CCC(N(C)Cc5ccc6c(n5)N=CCO6)(CC3)CO4)c2n1. The van der Waals surface area contributed by atoms with Crippen molar-refractivity contribution in [3.63, 3.8) is 0 Å². The minimum Gasteiger partial charge on any atom is -0.484 e. The van der Waals surface area contributed by atoms with Crippen LogP contribution < -0.4 is 9.47 Å². The number of pyridine rings is 3. The largest absolute Gasteiger partial charge is 0.484 e. The van der Waals surface area contributed by atoms with Crippen LogP contribution in [0.1, 0.15) is 43.4 Å². The fraction of sp³-hybridized carbons (Fsp3) is 0.481. The molecule has 0 radical (unpaired) electrons. The van der Waals surface area contributed by atoms with Crippen LogP contribution in [0.15, 0.2) is 35.5 Å². The molecule has 9 heteroatoms. The highest BCUT2D eigenvalue weighted by atomic mass is 19.1. The Hall–Kier alpha value is -3.17. The van der Waals surface area contributed by atoms with Gasteiger partial charge in [0.05, 0.1) is 42.2 Å². The minimum absolute atomic E-state index is 0.0113. The van der Waals surface area contributed by atoms with Crippen molar-refractivity contribution >= 4 is 23.1 Å². The van der Waals surface area contributed by atoms with E-state index in [4.69, 9.17) is 14.2 Å². The van der Waals surface area contributed by atoms with Gasteiger partial charge in [-0.2, -0.15) is 0 Å². The number of methoxy groups -OCH3 is 1. The van der Waals surface area contributed by atoms with Gasteiger partial charge in [0.25, 0.3) is 0 Å².